The molecule has 180 valence electrons. The van der Waals surface area contributed by atoms with Crippen molar-refractivity contribution in [1.29, 1.82) is 0 Å². The molecule has 1 aliphatic heterocycles. The molecule has 1 saturated heterocycles. The van der Waals surface area contributed by atoms with Crippen molar-refractivity contribution in [2.75, 3.05) is 13.1 Å². The zero-order chi connectivity index (χ0) is 24.5. The molecule has 0 saturated carbocycles. The van der Waals surface area contributed by atoms with E-state index in [-0.39, 0.29) is 23.1 Å². The number of halogens is 1. The Morgan fingerprint density at radius 1 is 1.21 bits per heavy atom. The van der Waals surface area contributed by atoms with E-state index in [2.05, 4.69) is 10.1 Å². The quantitative estimate of drug-likeness (QED) is 0.519. The number of aromatic amines is 1. The fraction of sp³-hybridized carbons (Fsp3) is 0.440. The molecule has 3 aromatic rings. The zero-order valence-electron chi connectivity index (χ0n) is 19.4. The van der Waals surface area contributed by atoms with Gasteiger partial charge in [0.05, 0.1) is 11.8 Å². The number of carbonyl (C=O) groups excluding carboxylic acids is 2. The lowest BCUT2D eigenvalue weighted by Gasteiger charge is -2.31. The molecule has 8 nitrogen and oxygen atoms in total. The van der Waals surface area contributed by atoms with Gasteiger partial charge in [-0.3, -0.25) is 14.4 Å². The number of nitrogens with one attached hydrogen (secondary N) is 1. The van der Waals surface area contributed by atoms with E-state index >= 15 is 0 Å². The molecule has 2 aromatic heterocycles. The predicted molar refractivity (Wildman–Crippen MR) is 124 cm³/mol. The van der Waals surface area contributed by atoms with E-state index in [1.54, 1.807) is 43.0 Å². The molecule has 1 aliphatic rings. The first-order chi connectivity index (χ1) is 16.1. The Kier molecular flexibility index (Phi) is 6.65. The fourth-order valence-electron chi connectivity index (χ4n) is 4.37. The van der Waals surface area contributed by atoms with Crippen molar-refractivity contribution >= 4 is 17.2 Å². The number of hydrogen-bond donors (Lipinski definition) is 2. The van der Waals surface area contributed by atoms with Crippen molar-refractivity contribution in [3.8, 4) is 0 Å². The van der Waals surface area contributed by atoms with E-state index in [4.69, 9.17) is 0 Å². The first kappa shape index (κ1) is 23.8. The second-order valence-electron chi connectivity index (χ2n) is 9.40. The molecule has 4 rings (SSSR count). The second kappa shape index (κ2) is 9.50. The summed E-state index contributed by atoms with van der Waals surface area (Å²) in [5.74, 6) is -0.170. The van der Waals surface area contributed by atoms with Crippen LogP contribution in [0.25, 0.3) is 5.52 Å². The number of carbonyl (C=O) groups is 2. The Hall–Kier alpha value is -3.33. The van der Waals surface area contributed by atoms with E-state index in [9.17, 15) is 23.9 Å². The van der Waals surface area contributed by atoms with Gasteiger partial charge in [-0.15, -0.1) is 0 Å². The van der Waals surface area contributed by atoms with Gasteiger partial charge in [0.25, 0.3) is 5.56 Å². The minimum Gasteiger partial charge on any atom is -0.386 e. The Morgan fingerprint density at radius 3 is 2.53 bits per heavy atom. The number of amides is 1. The standard InChI is InChI=1S/C25H29FN4O4/c1-25(2,34)18-8-6-16(7-9-18)23(32)17-10-12-29(13-11-17)22(31)5-3-4-21-27-24(33)20-14-19(26)15-30(20)28-21/h6-9,14-15,17,34H,3-5,10-13H2,1-2H3,(H,27,28,33). The summed E-state index contributed by atoms with van der Waals surface area (Å²) in [6.07, 6.45) is 3.58. The Morgan fingerprint density at radius 2 is 1.88 bits per heavy atom. The molecule has 1 aromatic carbocycles. The smallest absolute Gasteiger partial charge is 0.275 e. The summed E-state index contributed by atoms with van der Waals surface area (Å²) in [4.78, 5) is 41.9. The number of Topliss-reactive ketones (excluding diaryl/α,β-unsaturated/α-hetero) is 1. The highest BCUT2D eigenvalue weighted by atomic mass is 19.1. The number of aliphatic hydroxyl groups is 1. The lowest BCUT2D eigenvalue weighted by molar-refractivity contribution is -0.132. The number of aromatic nitrogens is 3. The number of piperidine rings is 1. The van der Waals surface area contributed by atoms with Crippen molar-refractivity contribution < 1.29 is 19.1 Å². The average Bonchev–Trinajstić information content (AvgIpc) is 3.19. The van der Waals surface area contributed by atoms with Crippen LogP contribution in [0.2, 0.25) is 0 Å². The van der Waals surface area contributed by atoms with E-state index in [0.717, 1.165) is 17.8 Å². The minimum atomic E-state index is -0.953. The van der Waals surface area contributed by atoms with Gasteiger partial charge in [-0.2, -0.15) is 5.10 Å². The molecule has 2 N–H and O–H groups in total. The third-order valence-corrected chi connectivity index (χ3v) is 6.38. The SMILES string of the molecule is CC(C)(O)c1ccc(C(=O)C2CCN(C(=O)CCCc3nn4cc(F)cc4c(=O)[nH]3)CC2)cc1. The molecule has 34 heavy (non-hydrogen) atoms. The van der Waals surface area contributed by atoms with Crippen LogP contribution in [-0.2, 0) is 16.8 Å². The number of aryl methyl sites for hydroxylation is 1. The second-order valence-corrected chi connectivity index (χ2v) is 9.40. The molecular weight excluding hydrogens is 439 g/mol. The van der Waals surface area contributed by atoms with Gasteiger partial charge in [0.2, 0.25) is 5.91 Å². The molecule has 0 aliphatic carbocycles. The summed E-state index contributed by atoms with van der Waals surface area (Å²) in [5.41, 5.74) is 0.151. The van der Waals surface area contributed by atoms with Crippen LogP contribution >= 0.6 is 0 Å². The third kappa shape index (κ3) is 5.25. The third-order valence-electron chi connectivity index (χ3n) is 6.38. The summed E-state index contributed by atoms with van der Waals surface area (Å²) >= 11 is 0. The first-order valence-corrected chi connectivity index (χ1v) is 11.5. The van der Waals surface area contributed by atoms with Crippen molar-refractivity contribution in [3.63, 3.8) is 0 Å². The van der Waals surface area contributed by atoms with Gasteiger partial charge in [-0.05, 0) is 38.7 Å². The average molecular weight is 469 g/mol. The van der Waals surface area contributed by atoms with Gasteiger partial charge in [-0.1, -0.05) is 24.3 Å². The van der Waals surface area contributed by atoms with Gasteiger partial charge in [0.15, 0.2) is 5.78 Å². The van der Waals surface area contributed by atoms with Crippen LogP contribution in [0.3, 0.4) is 0 Å². The minimum absolute atomic E-state index is 0.0101. The van der Waals surface area contributed by atoms with E-state index in [1.165, 1.54) is 4.52 Å². The summed E-state index contributed by atoms with van der Waals surface area (Å²) < 4.78 is 14.5. The summed E-state index contributed by atoms with van der Waals surface area (Å²) in [7, 11) is 0. The van der Waals surface area contributed by atoms with Gasteiger partial charge in [-0.25, -0.2) is 8.91 Å². The predicted octanol–water partition coefficient (Wildman–Crippen LogP) is 2.83. The van der Waals surface area contributed by atoms with Crippen LogP contribution in [0.15, 0.2) is 41.3 Å². The monoisotopic (exact) mass is 468 g/mol. The maximum Gasteiger partial charge on any atom is 0.275 e. The van der Waals surface area contributed by atoms with Crippen LogP contribution in [0.1, 0.15) is 61.3 Å². The van der Waals surface area contributed by atoms with Crippen LogP contribution in [0.4, 0.5) is 4.39 Å². The zero-order valence-corrected chi connectivity index (χ0v) is 19.4. The lowest BCUT2D eigenvalue weighted by Crippen LogP contribution is -2.40. The molecule has 1 amide bonds. The number of likely N-dealkylation sites (tertiary alicyclic amines) is 1. The van der Waals surface area contributed by atoms with Gasteiger partial charge in [0, 0.05) is 43.5 Å². The number of rotatable bonds is 7. The van der Waals surface area contributed by atoms with Gasteiger partial charge >= 0.3 is 0 Å². The van der Waals surface area contributed by atoms with E-state index < -0.39 is 17.0 Å². The van der Waals surface area contributed by atoms with Crippen molar-refractivity contribution in [2.24, 2.45) is 5.92 Å². The van der Waals surface area contributed by atoms with Crippen LogP contribution in [-0.4, -0.2) is 49.4 Å². The molecule has 9 heteroatoms. The number of benzene rings is 1. The molecule has 0 spiro atoms. The molecular formula is C25H29FN4O4. The van der Waals surface area contributed by atoms with E-state index in [1.807, 2.05) is 0 Å². The van der Waals surface area contributed by atoms with Crippen molar-refractivity contribution in [3.05, 3.63) is 69.7 Å². The highest BCUT2D eigenvalue weighted by molar-refractivity contribution is 5.98. The van der Waals surface area contributed by atoms with Crippen LogP contribution < -0.4 is 5.56 Å². The van der Waals surface area contributed by atoms with Crippen LogP contribution in [0, 0.1) is 11.7 Å². The number of H-pyrrole nitrogens is 1. The highest BCUT2D eigenvalue weighted by Crippen LogP contribution is 2.25. The fourth-order valence-corrected chi connectivity index (χ4v) is 4.37. The molecule has 1 fully saturated rings. The van der Waals surface area contributed by atoms with Gasteiger partial charge < -0.3 is 15.0 Å². The van der Waals surface area contributed by atoms with Gasteiger partial charge in [0.1, 0.15) is 17.2 Å². The van der Waals surface area contributed by atoms with Crippen LogP contribution in [0.5, 0.6) is 0 Å². The number of nitrogens with zero attached hydrogens (tertiary/aromatic N) is 3. The topological polar surface area (TPSA) is 108 Å². The first-order valence-electron chi connectivity index (χ1n) is 11.5. The maximum atomic E-state index is 13.3. The lowest BCUT2D eigenvalue weighted by atomic mass is 9.87. The van der Waals surface area contributed by atoms with Crippen molar-refractivity contribution in [2.45, 2.75) is 51.6 Å². The maximum absolute atomic E-state index is 13.3. The summed E-state index contributed by atoms with van der Waals surface area (Å²) in [5, 5.41) is 14.3. The summed E-state index contributed by atoms with van der Waals surface area (Å²) in [6.45, 7) is 4.46. The Bertz CT molecular complexity index is 1250. The molecule has 0 radical (unpaired) electrons. The number of hydrogen-bond acceptors (Lipinski definition) is 5. The summed E-state index contributed by atoms with van der Waals surface area (Å²) in [6, 6.07) is 8.19. The molecule has 3 heterocycles. The Labute approximate surface area is 196 Å². The largest absolute Gasteiger partial charge is 0.386 e. The Balaban J connectivity index is 1.26. The molecule has 0 atom stereocenters. The van der Waals surface area contributed by atoms with Crippen molar-refractivity contribution in [1.82, 2.24) is 19.5 Å². The normalized spacial score (nSPS) is 15.1. The number of fused-ring (bicyclic) bond motifs is 1. The molecule has 0 unspecified atom stereocenters. The number of ketones is 1. The van der Waals surface area contributed by atoms with E-state index in [0.29, 0.717) is 56.6 Å². The molecule has 0 bridgehead atoms. The highest BCUT2D eigenvalue weighted by Gasteiger charge is 2.28.